The molecule has 0 saturated heterocycles. The predicted octanol–water partition coefficient (Wildman–Crippen LogP) is 8.00. The third-order valence-corrected chi connectivity index (χ3v) is 5.35. The number of benzene rings is 2. The van der Waals surface area contributed by atoms with Gasteiger partial charge in [-0.05, 0) is 18.6 Å². The molecule has 2 aromatic carbocycles. The maximum atomic E-state index is 12.7. The molecule has 1 heterocycles. The van der Waals surface area contributed by atoms with Crippen molar-refractivity contribution in [3.8, 4) is 0 Å². The highest BCUT2D eigenvalue weighted by Gasteiger charge is 2.13. The van der Waals surface area contributed by atoms with Crippen molar-refractivity contribution in [2.24, 2.45) is 0 Å². The van der Waals surface area contributed by atoms with Crippen LogP contribution in [0.5, 0.6) is 0 Å². The van der Waals surface area contributed by atoms with E-state index in [2.05, 4.69) is 30.1 Å². The zero-order valence-corrected chi connectivity index (χ0v) is 18.1. The lowest BCUT2D eigenvalue weighted by atomic mass is 10.0. The highest BCUT2D eigenvalue weighted by molar-refractivity contribution is 8.93. The first-order valence-electron chi connectivity index (χ1n) is 10.3. The number of carbonyl (C=O) groups excluding carboxylic acids is 1. The van der Waals surface area contributed by atoms with Gasteiger partial charge in [-0.2, -0.15) is 0 Å². The van der Waals surface area contributed by atoms with Gasteiger partial charge in [0, 0.05) is 28.3 Å². The van der Waals surface area contributed by atoms with E-state index in [1.807, 2.05) is 24.3 Å². The second-order valence-corrected chi connectivity index (χ2v) is 7.40. The van der Waals surface area contributed by atoms with Gasteiger partial charge in [0.25, 0.3) is 0 Å². The third-order valence-electron chi connectivity index (χ3n) is 5.35. The Morgan fingerprint density at radius 2 is 1.41 bits per heavy atom. The van der Waals surface area contributed by atoms with E-state index >= 15 is 0 Å². The molecule has 0 fully saturated rings. The topological polar surface area (TPSA) is 32.9 Å². The number of unbranched alkanes of at least 4 members (excludes halogenated alkanes) is 8. The summed E-state index contributed by atoms with van der Waals surface area (Å²) in [5.74, 6) is 0.269. The molecule has 2 nitrogen and oxygen atoms in total. The minimum atomic E-state index is 0. The molecule has 0 aliphatic carbocycles. The lowest BCUT2D eigenvalue weighted by molar-refractivity contribution is 0.0980. The SMILES string of the molecule is Br.CCCCCCCCCCCC(=O)c1cccc2c1[nH]c1ccccc12. The molecule has 1 N–H and O–H groups in total. The summed E-state index contributed by atoms with van der Waals surface area (Å²) in [4.78, 5) is 16.2. The quantitative estimate of drug-likeness (QED) is 0.243. The molecule has 0 unspecified atom stereocenters. The van der Waals surface area contributed by atoms with Gasteiger partial charge < -0.3 is 4.98 Å². The first kappa shape index (κ1) is 21.7. The number of H-pyrrole nitrogens is 1. The van der Waals surface area contributed by atoms with Crippen LogP contribution in [0.4, 0.5) is 0 Å². The number of hydrogen-bond donors (Lipinski definition) is 1. The number of carbonyl (C=O) groups is 1. The van der Waals surface area contributed by atoms with Gasteiger partial charge in [0.1, 0.15) is 0 Å². The van der Waals surface area contributed by atoms with Crippen LogP contribution < -0.4 is 0 Å². The van der Waals surface area contributed by atoms with Gasteiger partial charge in [0.15, 0.2) is 5.78 Å². The van der Waals surface area contributed by atoms with Crippen LogP contribution in [0.1, 0.15) is 81.5 Å². The number of para-hydroxylation sites is 2. The van der Waals surface area contributed by atoms with Crippen molar-refractivity contribution in [3.05, 3.63) is 48.0 Å². The summed E-state index contributed by atoms with van der Waals surface area (Å²) in [6.07, 6.45) is 12.2. The fraction of sp³-hybridized carbons (Fsp3) is 0.458. The standard InChI is InChI=1S/C24H31NO.BrH/c1-2-3-4-5-6-7-8-9-10-18-23(26)21-16-13-15-20-19-14-11-12-17-22(19)25-24(20)21;/h11-17,25H,2-10,18H2,1H3;1H. The van der Waals surface area contributed by atoms with Crippen molar-refractivity contribution in [2.75, 3.05) is 0 Å². The molecule has 0 radical (unpaired) electrons. The van der Waals surface area contributed by atoms with Gasteiger partial charge in [-0.1, -0.05) is 88.6 Å². The number of ketones is 1. The van der Waals surface area contributed by atoms with Gasteiger partial charge in [-0.3, -0.25) is 4.79 Å². The van der Waals surface area contributed by atoms with Crippen LogP contribution in [-0.4, -0.2) is 10.8 Å². The Bertz CT molecular complexity index is 852. The summed E-state index contributed by atoms with van der Waals surface area (Å²) in [6.45, 7) is 2.26. The first-order valence-corrected chi connectivity index (χ1v) is 10.3. The average Bonchev–Trinajstić information content (AvgIpc) is 3.05. The van der Waals surface area contributed by atoms with Crippen molar-refractivity contribution < 1.29 is 4.79 Å². The predicted molar refractivity (Wildman–Crippen MR) is 122 cm³/mol. The minimum Gasteiger partial charge on any atom is -0.354 e. The molecule has 0 spiro atoms. The Balaban J connectivity index is 0.00000261. The van der Waals surface area contributed by atoms with Crippen molar-refractivity contribution in [3.63, 3.8) is 0 Å². The Labute approximate surface area is 173 Å². The zero-order valence-electron chi connectivity index (χ0n) is 16.4. The second kappa shape index (κ2) is 11.3. The van der Waals surface area contributed by atoms with E-state index in [1.165, 1.54) is 56.8 Å². The Morgan fingerprint density at radius 3 is 2.15 bits per heavy atom. The number of Topliss-reactive ketones (excluding diaryl/α,β-unsaturated/α-hetero) is 1. The second-order valence-electron chi connectivity index (χ2n) is 7.40. The van der Waals surface area contributed by atoms with E-state index in [0.29, 0.717) is 6.42 Å². The maximum absolute atomic E-state index is 12.7. The molecule has 0 bridgehead atoms. The van der Waals surface area contributed by atoms with E-state index in [-0.39, 0.29) is 22.8 Å². The van der Waals surface area contributed by atoms with Crippen LogP contribution in [0, 0.1) is 0 Å². The van der Waals surface area contributed by atoms with Crippen LogP contribution in [0.2, 0.25) is 0 Å². The number of hydrogen-bond acceptors (Lipinski definition) is 1. The number of halogens is 1. The van der Waals surface area contributed by atoms with E-state index < -0.39 is 0 Å². The van der Waals surface area contributed by atoms with E-state index in [4.69, 9.17) is 0 Å². The summed E-state index contributed by atoms with van der Waals surface area (Å²) in [5.41, 5.74) is 2.94. The van der Waals surface area contributed by atoms with Crippen LogP contribution >= 0.6 is 17.0 Å². The van der Waals surface area contributed by atoms with Crippen LogP contribution in [0.25, 0.3) is 21.8 Å². The van der Waals surface area contributed by atoms with E-state index in [9.17, 15) is 4.79 Å². The van der Waals surface area contributed by atoms with Crippen molar-refractivity contribution >= 4 is 44.6 Å². The van der Waals surface area contributed by atoms with E-state index in [0.717, 1.165) is 28.4 Å². The van der Waals surface area contributed by atoms with Crippen LogP contribution in [0.3, 0.4) is 0 Å². The summed E-state index contributed by atoms with van der Waals surface area (Å²) in [5, 5.41) is 2.35. The largest absolute Gasteiger partial charge is 0.354 e. The van der Waals surface area contributed by atoms with Crippen molar-refractivity contribution in [1.29, 1.82) is 0 Å². The molecular formula is C24H32BrNO. The van der Waals surface area contributed by atoms with Gasteiger partial charge in [0.05, 0.1) is 5.52 Å². The molecular weight excluding hydrogens is 398 g/mol. The monoisotopic (exact) mass is 429 g/mol. The summed E-state index contributed by atoms with van der Waals surface area (Å²) < 4.78 is 0. The molecule has 3 rings (SSSR count). The number of aromatic amines is 1. The summed E-state index contributed by atoms with van der Waals surface area (Å²) >= 11 is 0. The summed E-state index contributed by atoms with van der Waals surface area (Å²) in [7, 11) is 0. The number of rotatable bonds is 11. The Hall–Kier alpha value is -1.61. The number of nitrogens with one attached hydrogen (secondary N) is 1. The molecule has 3 heteroatoms. The fourth-order valence-electron chi connectivity index (χ4n) is 3.84. The van der Waals surface area contributed by atoms with Gasteiger partial charge in [-0.15, -0.1) is 17.0 Å². The van der Waals surface area contributed by atoms with Gasteiger partial charge in [0.2, 0.25) is 0 Å². The highest BCUT2D eigenvalue weighted by atomic mass is 79.9. The molecule has 0 atom stereocenters. The van der Waals surface area contributed by atoms with Crippen LogP contribution in [0.15, 0.2) is 42.5 Å². The minimum absolute atomic E-state index is 0. The fourth-order valence-corrected chi connectivity index (χ4v) is 3.84. The average molecular weight is 430 g/mol. The molecule has 27 heavy (non-hydrogen) atoms. The van der Waals surface area contributed by atoms with Crippen molar-refractivity contribution in [2.45, 2.75) is 71.1 Å². The first-order chi connectivity index (χ1) is 12.8. The maximum Gasteiger partial charge on any atom is 0.164 e. The van der Waals surface area contributed by atoms with Gasteiger partial charge >= 0.3 is 0 Å². The molecule has 3 aromatic rings. The zero-order chi connectivity index (χ0) is 18.2. The third kappa shape index (κ3) is 5.68. The molecule has 0 aliphatic heterocycles. The lowest BCUT2D eigenvalue weighted by Gasteiger charge is -2.04. The van der Waals surface area contributed by atoms with E-state index in [1.54, 1.807) is 0 Å². The van der Waals surface area contributed by atoms with Crippen LogP contribution in [-0.2, 0) is 0 Å². The molecule has 1 aromatic heterocycles. The normalized spacial score (nSPS) is 11.0. The summed E-state index contributed by atoms with van der Waals surface area (Å²) in [6, 6.07) is 14.3. The molecule has 0 amide bonds. The molecule has 146 valence electrons. The van der Waals surface area contributed by atoms with Gasteiger partial charge in [-0.25, -0.2) is 0 Å². The molecule has 0 aliphatic rings. The smallest absolute Gasteiger partial charge is 0.164 e. The number of aromatic nitrogens is 1. The Kier molecular flexibility index (Phi) is 9.06. The lowest BCUT2D eigenvalue weighted by Crippen LogP contribution is -2.00. The number of fused-ring (bicyclic) bond motifs is 3. The van der Waals surface area contributed by atoms with Crippen molar-refractivity contribution in [1.82, 2.24) is 4.98 Å². The highest BCUT2D eigenvalue weighted by Crippen LogP contribution is 2.28. The Morgan fingerprint density at radius 1 is 0.778 bits per heavy atom. The molecule has 0 saturated carbocycles.